The van der Waals surface area contributed by atoms with Gasteiger partial charge in [-0.25, -0.2) is 0 Å². The summed E-state index contributed by atoms with van der Waals surface area (Å²) in [6.07, 6.45) is -0.760. The lowest BCUT2D eigenvalue weighted by Gasteiger charge is -2.10. The first kappa shape index (κ1) is 12.4. The normalized spacial score (nSPS) is 12.1. The molecule has 6 nitrogen and oxygen atoms in total. The Morgan fingerprint density at radius 1 is 1.62 bits per heavy atom. The number of aliphatic hydroxyl groups excluding tert-OH is 1. The molecule has 88 valence electrons. The third-order valence-electron chi connectivity index (χ3n) is 1.87. The highest BCUT2D eigenvalue weighted by Gasteiger charge is 2.08. The number of hydrogen-bond donors (Lipinski definition) is 3. The van der Waals surface area contributed by atoms with E-state index < -0.39 is 12.0 Å². The van der Waals surface area contributed by atoms with Crippen LogP contribution >= 0.6 is 0 Å². The second-order valence-corrected chi connectivity index (χ2v) is 3.25. The van der Waals surface area contributed by atoms with Crippen molar-refractivity contribution in [2.24, 2.45) is 0 Å². The third-order valence-corrected chi connectivity index (χ3v) is 1.87. The Bertz CT molecular complexity index is 402. The third kappa shape index (κ3) is 3.84. The van der Waals surface area contributed by atoms with Gasteiger partial charge >= 0.3 is 0 Å². The number of rotatable bonds is 5. The molecule has 0 bridgehead atoms. The Labute approximate surface area is 92.3 Å². The second kappa shape index (κ2) is 6.04. The molecule has 1 aromatic heterocycles. The van der Waals surface area contributed by atoms with Crippen LogP contribution in [-0.4, -0.2) is 42.4 Å². The van der Waals surface area contributed by atoms with E-state index in [1.165, 1.54) is 25.3 Å². The van der Waals surface area contributed by atoms with Crippen molar-refractivity contribution in [2.75, 3.05) is 20.3 Å². The minimum atomic E-state index is -0.760. The number of carbonyl (C=O) groups excluding carboxylic acids is 1. The summed E-state index contributed by atoms with van der Waals surface area (Å²) in [6, 6.07) is 4.29. The van der Waals surface area contributed by atoms with Crippen LogP contribution in [0.4, 0.5) is 0 Å². The fraction of sp³-hybridized carbons (Fsp3) is 0.400. The fourth-order valence-electron chi connectivity index (χ4n) is 1.14. The lowest BCUT2D eigenvalue weighted by molar-refractivity contribution is 0.0608. The van der Waals surface area contributed by atoms with Crippen LogP contribution in [0.5, 0.6) is 0 Å². The summed E-state index contributed by atoms with van der Waals surface area (Å²) in [5.74, 6) is -0.437. The molecule has 6 heteroatoms. The number of carbonyl (C=O) groups is 1. The van der Waals surface area contributed by atoms with Crippen LogP contribution in [0, 0.1) is 0 Å². The number of hydrogen-bond acceptors (Lipinski definition) is 4. The lowest BCUT2D eigenvalue weighted by atomic mass is 10.3. The molecule has 1 aromatic rings. The van der Waals surface area contributed by atoms with E-state index in [1.54, 1.807) is 0 Å². The molecule has 0 saturated carbocycles. The lowest BCUT2D eigenvalue weighted by Crippen LogP contribution is -2.35. The first-order valence-corrected chi connectivity index (χ1v) is 4.78. The monoisotopic (exact) mass is 226 g/mol. The predicted octanol–water partition coefficient (Wildman–Crippen LogP) is -0.888. The van der Waals surface area contributed by atoms with Gasteiger partial charge in [-0.3, -0.25) is 9.59 Å². The van der Waals surface area contributed by atoms with E-state index >= 15 is 0 Å². The highest BCUT2D eigenvalue weighted by atomic mass is 16.5. The van der Waals surface area contributed by atoms with Crippen molar-refractivity contribution in [3.63, 3.8) is 0 Å². The number of amides is 1. The van der Waals surface area contributed by atoms with Crippen LogP contribution in [-0.2, 0) is 4.74 Å². The molecular formula is C10H14N2O4. The molecule has 0 saturated heterocycles. The summed E-state index contributed by atoms with van der Waals surface area (Å²) in [4.78, 5) is 24.8. The van der Waals surface area contributed by atoms with E-state index in [0.29, 0.717) is 0 Å². The van der Waals surface area contributed by atoms with Gasteiger partial charge in [-0.2, -0.15) is 0 Å². The summed E-state index contributed by atoms with van der Waals surface area (Å²) >= 11 is 0. The van der Waals surface area contributed by atoms with Crippen LogP contribution in [0.15, 0.2) is 23.0 Å². The average Bonchev–Trinajstić information content (AvgIpc) is 2.26. The van der Waals surface area contributed by atoms with Gasteiger partial charge in [0.05, 0.1) is 12.7 Å². The van der Waals surface area contributed by atoms with Crippen molar-refractivity contribution in [1.82, 2.24) is 10.3 Å². The minimum Gasteiger partial charge on any atom is -0.389 e. The molecule has 0 aliphatic rings. The SMILES string of the molecule is COCC(O)CNC(=O)c1cccc(=O)[nH]1. The average molecular weight is 226 g/mol. The number of aromatic nitrogens is 1. The highest BCUT2D eigenvalue weighted by Crippen LogP contribution is 1.90. The number of ether oxygens (including phenoxy) is 1. The maximum absolute atomic E-state index is 11.5. The second-order valence-electron chi connectivity index (χ2n) is 3.25. The fourth-order valence-corrected chi connectivity index (χ4v) is 1.14. The molecule has 0 aromatic carbocycles. The van der Waals surface area contributed by atoms with Crippen LogP contribution < -0.4 is 10.9 Å². The minimum absolute atomic E-state index is 0.0730. The summed E-state index contributed by atoms with van der Waals surface area (Å²) < 4.78 is 4.70. The maximum Gasteiger partial charge on any atom is 0.267 e. The number of methoxy groups -OCH3 is 1. The van der Waals surface area contributed by atoms with Gasteiger partial charge in [0.1, 0.15) is 5.69 Å². The first-order valence-electron chi connectivity index (χ1n) is 4.78. The Kier molecular flexibility index (Phi) is 4.68. The standard InChI is InChI=1S/C10H14N2O4/c1-16-6-7(13)5-11-10(15)8-3-2-4-9(14)12-8/h2-4,7,13H,5-6H2,1H3,(H,11,15)(H,12,14). The molecule has 1 heterocycles. The molecule has 0 fully saturated rings. The molecule has 1 unspecified atom stereocenters. The van der Waals surface area contributed by atoms with Gasteiger partial charge in [0.15, 0.2) is 0 Å². The van der Waals surface area contributed by atoms with Gasteiger partial charge in [0.25, 0.3) is 5.91 Å². The van der Waals surface area contributed by atoms with Crippen molar-refractivity contribution in [3.8, 4) is 0 Å². The van der Waals surface area contributed by atoms with E-state index in [2.05, 4.69) is 10.3 Å². The largest absolute Gasteiger partial charge is 0.389 e. The molecule has 3 N–H and O–H groups in total. The zero-order valence-electron chi connectivity index (χ0n) is 8.90. The van der Waals surface area contributed by atoms with Gasteiger partial charge in [0.2, 0.25) is 5.56 Å². The van der Waals surface area contributed by atoms with Gasteiger partial charge in [-0.1, -0.05) is 6.07 Å². The number of aliphatic hydroxyl groups is 1. The van der Waals surface area contributed by atoms with Gasteiger partial charge < -0.3 is 20.1 Å². The quantitative estimate of drug-likeness (QED) is 0.607. The summed E-state index contributed by atoms with van der Waals surface area (Å²) in [5, 5.41) is 11.8. The van der Waals surface area contributed by atoms with Crippen molar-refractivity contribution in [3.05, 3.63) is 34.2 Å². The van der Waals surface area contributed by atoms with Crippen molar-refractivity contribution < 1.29 is 14.6 Å². The van der Waals surface area contributed by atoms with E-state index in [0.717, 1.165) is 0 Å². The number of pyridine rings is 1. The van der Waals surface area contributed by atoms with E-state index in [9.17, 15) is 14.7 Å². The molecule has 0 radical (unpaired) electrons. The molecule has 16 heavy (non-hydrogen) atoms. The maximum atomic E-state index is 11.5. The molecular weight excluding hydrogens is 212 g/mol. The van der Waals surface area contributed by atoms with Crippen molar-refractivity contribution >= 4 is 5.91 Å². The van der Waals surface area contributed by atoms with Gasteiger partial charge in [0, 0.05) is 19.7 Å². The number of aromatic amines is 1. The first-order chi connectivity index (χ1) is 7.63. The van der Waals surface area contributed by atoms with Crippen LogP contribution in [0.25, 0.3) is 0 Å². The zero-order chi connectivity index (χ0) is 12.0. The topological polar surface area (TPSA) is 91.4 Å². The van der Waals surface area contributed by atoms with Gasteiger partial charge in [-0.15, -0.1) is 0 Å². The number of nitrogens with one attached hydrogen (secondary N) is 2. The Morgan fingerprint density at radius 2 is 2.38 bits per heavy atom. The molecule has 0 aliphatic heterocycles. The smallest absolute Gasteiger partial charge is 0.267 e. The van der Waals surface area contributed by atoms with Gasteiger partial charge in [-0.05, 0) is 6.07 Å². The molecule has 1 rings (SSSR count). The van der Waals surface area contributed by atoms with Crippen molar-refractivity contribution in [2.45, 2.75) is 6.10 Å². The Hall–Kier alpha value is -1.66. The molecule has 0 aliphatic carbocycles. The van der Waals surface area contributed by atoms with Crippen LogP contribution in [0.3, 0.4) is 0 Å². The van der Waals surface area contributed by atoms with Crippen molar-refractivity contribution in [1.29, 1.82) is 0 Å². The summed E-state index contributed by atoms with van der Waals surface area (Å²) in [5.41, 5.74) is -0.179. The van der Waals surface area contributed by atoms with E-state index in [-0.39, 0.29) is 24.4 Å². The summed E-state index contributed by atoms with van der Waals surface area (Å²) in [6.45, 7) is 0.217. The highest BCUT2D eigenvalue weighted by molar-refractivity contribution is 5.92. The Balaban J connectivity index is 2.50. The van der Waals surface area contributed by atoms with Crippen LogP contribution in [0.1, 0.15) is 10.5 Å². The predicted molar refractivity (Wildman–Crippen MR) is 57.3 cm³/mol. The Morgan fingerprint density at radius 3 is 3.00 bits per heavy atom. The van der Waals surface area contributed by atoms with Crippen LogP contribution in [0.2, 0.25) is 0 Å². The zero-order valence-corrected chi connectivity index (χ0v) is 8.90. The molecule has 1 atom stereocenters. The number of H-pyrrole nitrogens is 1. The van der Waals surface area contributed by atoms with E-state index in [1.807, 2.05) is 0 Å². The molecule has 0 spiro atoms. The summed E-state index contributed by atoms with van der Waals surface area (Å²) in [7, 11) is 1.46. The molecule has 1 amide bonds. The van der Waals surface area contributed by atoms with E-state index in [4.69, 9.17) is 4.74 Å².